The van der Waals surface area contributed by atoms with E-state index in [0.717, 1.165) is 25.3 Å². The van der Waals surface area contributed by atoms with Crippen molar-refractivity contribution in [2.45, 2.75) is 19.3 Å². The molecule has 1 aromatic heterocycles. The number of aromatic nitrogens is 2. The number of anilines is 1. The average molecular weight is 276 g/mol. The van der Waals surface area contributed by atoms with Crippen molar-refractivity contribution in [3.63, 3.8) is 0 Å². The van der Waals surface area contributed by atoms with Crippen molar-refractivity contribution < 1.29 is 9.90 Å². The lowest BCUT2D eigenvalue weighted by atomic mass is 9.57. The van der Waals surface area contributed by atoms with Gasteiger partial charge in [-0.3, -0.25) is 4.79 Å². The van der Waals surface area contributed by atoms with Gasteiger partial charge >= 0.3 is 0 Å². The molecule has 1 aliphatic carbocycles. The Morgan fingerprint density at radius 2 is 2.20 bits per heavy atom. The highest BCUT2D eigenvalue weighted by molar-refractivity contribution is 5.91. The standard InChI is InChI=1S/C14H20N4O2/c1-15-13(20)11-2-3-12(17-16-11)18-8-14(9-18)6-10(7-14)4-5-19/h2-3,10,19H,4-9H2,1H3,(H,15,20). The van der Waals surface area contributed by atoms with Crippen LogP contribution in [0.4, 0.5) is 5.82 Å². The van der Waals surface area contributed by atoms with Gasteiger partial charge in [-0.15, -0.1) is 10.2 Å². The molecule has 6 heteroatoms. The summed E-state index contributed by atoms with van der Waals surface area (Å²) in [4.78, 5) is 13.6. The van der Waals surface area contributed by atoms with Crippen LogP contribution in [0.25, 0.3) is 0 Å². The Balaban J connectivity index is 1.54. The van der Waals surface area contributed by atoms with Gasteiger partial charge in [-0.05, 0) is 37.3 Å². The number of aliphatic hydroxyl groups excluding tert-OH is 1. The molecule has 108 valence electrons. The van der Waals surface area contributed by atoms with Crippen molar-refractivity contribution in [1.82, 2.24) is 15.5 Å². The Morgan fingerprint density at radius 3 is 2.75 bits per heavy atom. The van der Waals surface area contributed by atoms with E-state index < -0.39 is 0 Å². The molecule has 0 radical (unpaired) electrons. The van der Waals surface area contributed by atoms with Crippen LogP contribution in [-0.2, 0) is 0 Å². The Morgan fingerprint density at radius 1 is 1.45 bits per heavy atom. The van der Waals surface area contributed by atoms with E-state index in [0.29, 0.717) is 23.6 Å². The molecule has 1 saturated carbocycles. The van der Waals surface area contributed by atoms with Gasteiger partial charge in [-0.25, -0.2) is 0 Å². The summed E-state index contributed by atoms with van der Waals surface area (Å²) in [6.45, 7) is 2.34. The highest BCUT2D eigenvalue weighted by atomic mass is 16.3. The van der Waals surface area contributed by atoms with Crippen molar-refractivity contribution in [3.05, 3.63) is 17.8 Å². The number of carbonyl (C=O) groups excluding carboxylic acids is 1. The number of rotatable bonds is 4. The lowest BCUT2D eigenvalue weighted by molar-refractivity contribution is 0.0106. The maximum atomic E-state index is 11.4. The van der Waals surface area contributed by atoms with Crippen molar-refractivity contribution in [2.75, 3.05) is 31.6 Å². The van der Waals surface area contributed by atoms with Crippen LogP contribution >= 0.6 is 0 Å². The summed E-state index contributed by atoms with van der Waals surface area (Å²) in [6, 6.07) is 3.57. The molecule has 0 unspecified atom stereocenters. The molecule has 2 aliphatic rings. The smallest absolute Gasteiger partial charge is 0.271 e. The Labute approximate surface area is 118 Å². The Hall–Kier alpha value is -1.69. The second kappa shape index (κ2) is 5.01. The molecule has 1 amide bonds. The number of nitrogens with zero attached hydrogens (tertiary/aromatic N) is 3. The van der Waals surface area contributed by atoms with Gasteiger partial charge < -0.3 is 15.3 Å². The number of aliphatic hydroxyl groups is 1. The monoisotopic (exact) mass is 276 g/mol. The number of nitrogens with one attached hydrogen (secondary N) is 1. The molecule has 2 fully saturated rings. The highest BCUT2D eigenvalue weighted by Gasteiger charge is 2.52. The van der Waals surface area contributed by atoms with E-state index >= 15 is 0 Å². The van der Waals surface area contributed by atoms with Crippen LogP contribution in [0.5, 0.6) is 0 Å². The molecule has 1 aromatic rings. The molecular formula is C14H20N4O2. The molecule has 1 spiro atoms. The summed E-state index contributed by atoms with van der Waals surface area (Å²) in [6.07, 6.45) is 3.37. The maximum Gasteiger partial charge on any atom is 0.271 e. The number of carbonyl (C=O) groups is 1. The van der Waals surface area contributed by atoms with Crippen molar-refractivity contribution in [2.24, 2.45) is 11.3 Å². The fourth-order valence-electron chi connectivity index (χ4n) is 3.48. The average Bonchev–Trinajstić information content (AvgIpc) is 2.39. The van der Waals surface area contributed by atoms with Crippen LogP contribution in [-0.4, -0.2) is 48.0 Å². The minimum atomic E-state index is -0.213. The first-order chi connectivity index (χ1) is 9.65. The van der Waals surface area contributed by atoms with Crippen molar-refractivity contribution in [1.29, 1.82) is 0 Å². The van der Waals surface area contributed by atoms with Gasteiger partial charge in [-0.2, -0.15) is 0 Å². The summed E-state index contributed by atoms with van der Waals surface area (Å²) in [5, 5.41) is 19.5. The van der Waals surface area contributed by atoms with Gasteiger partial charge in [-0.1, -0.05) is 0 Å². The zero-order chi connectivity index (χ0) is 14.2. The van der Waals surface area contributed by atoms with E-state index in [1.54, 1.807) is 13.1 Å². The first-order valence-electron chi connectivity index (χ1n) is 7.07. The first kappa shape index (κ1) is 13.3. The number of hydrogen-bond donors (Lipinski definition) is 2. The second-order valence-electron chi connectivity index (χ2n) is 6.00. The summed E-state index contributed by atoms with van der Waals surface area (Å²) in [5.41, 5.74) is 0.791. The summed E-state index contributed by atoms with van der Waals surface area (Å²) in [5.74, 6) is 1.33. The van der Waals surface area contributed by atoms with E-state index in [-0.39, 0.29) is 5.91 Å². The normalized spacial score (nSPS) is 20.4. The van der Waals surface area contributed by atoms with Gasteiger partial charge in [0.05, 0.1) is 0 Å². The number of amides is 1. The third-order valence-corrected chi connectivity index (χ3v) is 4.47. The molecule has 1 aliphatic heterocycles. The minimum absolute atomic E-state index is 0.213. The Bertz CT molecular complexity index is 488. The predicted octanol–water partition coefficient (Wildman–Crippen LogP) is 0.435. The highest BCUT2D eigenvalue weighted by Crippen LogP contribution is 2.53. The van der Waals surface area contributed by atoms with Crippen LogP contribution in [0.2, 0.25) is 0 Å². The van der Waals surface area contributed by atoms with Crippen LogP contribution in [0.3, 0.4) is 0 Å². The van der Waals surface area contributed by atoms with Gasteiger partial charge in [0.2, 0.25) is 0 Å². The predicted molar refractivity (Wildman–Crippen MR) is 74.5 cm³/mol. The summed E-state index contributed by atoms with van der Waals surface area (Å²) < 4.78 is 0. The van der Waals surface area contributed by atoms with Gasteiger partial charge in [0.25, 0.3) is 5.91 Å². The Kier molecular flexibility index (Phi) is 3.33. The third-order valence-electron chi connectivity index (χ3n) is 4.47. The SMILES string of the molecule is CNC(=O)c1ccc(N2CC3(CC(CCO)C3)C2)nn1. The van der Waals surface area contributed by atoms with Crippen molar-refractivity contribution >= 4 is 11.7 Å². The molecule has 2 heterocycles. The minimum Gasteiger partial charge on any atom is -0.396 e. The van der Waals surface area contributed by atoms with E-state index in [2.05, 4.69) is 20.4 Å². The van der Waals surface area contributed by atoms with E-state index in [4.69, 9.17) is 5.11 Å². The largest absolute Gasteiger partial charge is 0.396 e. The molecule has 0 bridgehead atoms. The lowest BCUT2D eigenvalue weighted by Crippen LogP contribution is -2.62. The fraction of sp³-hybridized carbons (Fsp3) is 0.643. The van der Waals surface area contributed by atoms with Crippen molar-refractivity contribution in [3.8, 4) is 0 Å². The zero-order valence-electron chi connectivity index (χ0n) is 11.7. The summed E-state index contributed by atoms with van der Waals surface area (Å²) >= 11 is 0. The third kappa shape index (κ3) is 2.24. The first-order valence-corrected chi connectivity index (χ1v) is 7.07. The molecule has 0 aromatic carbocycles. The quantitative estimate of drug-likeness (QED) is 0.834. The molecule has 6 nitrogen and oxygen atoms in total. The maximum absolute atomic E-state index is 11.4. The van der Waals surface area contributed by atoms with Crippen LogP contribution in [0, 0.1) is 11.3 Å². The summed E-state index contributed by atoms with van der Waals surface area (Å²) in [7, 11) is 1.58. The van der Waals surface area contributed by atoms with Gasteiger partial charge in [0, 0.05) is 32.2 Å². The van der Waals surface area contributed by atoms with E-state index in [1.807, 2.05) is 6.07 Å². The van der Waals surface area contributed by atoms with Gasteiger partial charge in [0.15, 0.2) is 11.5 Å². The van der Waals surface area contributed by atoms with Gasteiger partial charge in [0.1, 0.15) is 0 Å². The topological polar surface area (TPSA) is 78.4 Å². The molecule has 0 atom stereocenters. The van der Waals surface area contributed by atoms with E-state index in [1.165, 1.54) is 12.8 Å². The zero-order valence-corrected chi connectivity index (χ0v) is 11.7. The molecule has 3 rings (SSSR count). The van der Waals surface area contributed by atoms with E-state index in [9.17, 15) is 4.79 Å². The molecule has 1 saturated heterocycles. The number of hydrogen-bond acceptors (Lipinski definition) is 5. The molecule has 2 N–H and O–H groups in total. The lowest BCUT2D eigenvalue weighted by Gasteiger charge is -2.59. The van der Waals surface area contributed by atoms with Crippen LogP contribution in [0.15, 0.2) is 12.1 Å². The van der Waals surface area contributed by atoms with Crippen LogP contribution in [0.1, 0.15) is 29.8 Å². The van der Waals surface area contributed by atoms with Crippen LogP contribution < -0.4 is 10.2 Å². The molecular weight excluding hydrogens is 256 g/mol. The second-order valence-corrected chi connectivity index (χ2v) is 6.00. The fourth-order valence-corrected chi connectivity index (χ4v) is 3.48. The molecule has 20 heavy (non-hydrogen) atoms.